The van der Waals surface area contributed by atoms with E-state index in [0.717, 1.165) is 42.4 Å². The Morgan fingerprint density at radius 1 is 1.45 bits per heavy atom. The number of amides is 1. The van der Waals surface area contributed by atoms with Crippen molar-refractivity contribution in [1.82, 2.24) is 10.2 Å². The summed E-state index contributed by atoms with van der Waals surface area (Å²) in [6, 6.07) is 8.45. The van der Waals surface area contributed by atoms with Crippen LogP contribution in [0.5, 0.6) is 0 Å². The zero-order valence-corrected chi connectivity index (χ0v) is 13.7. The van der Waals surface area contributed by atoms with Gasteiger partial charge in [-0.05, 0) is 57.0 Å². The maximum absolute atomic E-state index is 12.5. The van der Waals surface area contributed by atoms with Crippen molar-refractivity contribution >= 4 is 21.8 Å². The van der Waals surface area contributed by atoms with Crippen molar-refractivity contribution in [3.63, 3.8) is 0 Å². The lowest BCUT2D eigenvalue weighted by Gasteiger charge is -2.36. The molecule has 110 valence electrons. The van der Waals surface area contributed by atoms with Crippen LogP contribution in [0, 0.1) is 0 Å². The molecule has 0 spiro atoms. The minimum atomic E-state index is 0.268. The number of nitrogens with one attached hydrogen (secondary N) is 1. The fourth-order valence-electron chi connectivity index (χ4n) is 2.86. The summed E-state index contributed by atoms with van der Waals surface area (Å²) in [5.41, 5.74) is 1.09. The van der Waals surface area contributed by atoms with E-state index in [4.69, 9.17) is 0 Å². The fourth-order valence-corrected chi connectivity index (χ4v) is 3.31. The predicted octanol–water partition coefficient (Wildman–Crippen LogP) is 2.98. The number of likely N-dealkylation sites (tertiary alicyclic amines) is 1. The molecule has 2 rings (SSSR count). The summed E-state index contributed by atoms with van der Waals surface area (Å²) >= 11 is 3.46. The van der Waals surface area contributed by atoms with E-state index < -0.39 is 0 Å². The molecule has 1 unspecified atom stereocenters. The van der Waals surface area contributed by atoms with Gasteiger partial charge in [0.05, 0.1) is 6.42 Å². The first-order valence-electron chi connectivity index (χ1n) is 7.39. The molecular weight excluding hydrogens is 316 g/mol. The van der Waals surface area contributed by atoms with Gasteiger partial charge in [-0.25, -0.2) is 0 Å². The van der Waals surface area contributed by atoms with Crippen LogP contribution in [0.2, 0.25) is 0 Å². The van der Waals surface area contributed by atoms with Gasteiger partial charge in [0.25, 0.3) is 0 Å². The topological polar surface area (TPSA) is 32.3 Å². The van der Waals surface area contributed by atoms with Crippen LogP contribution >= 0.6 is 15.9 Å². The molecule has 1 aliphatic heterocycles. The van der Waals surface area contributed by atoms with E-state index in [1.807, 2.05) is 31.3 Å². The van der Waals surface area contributed by atoms with Gasteiger partial charge in [-0.15, -0.1) is 0 Å². The van der Waals surface area contributed by atoms with Crippen LogP contribution in [0.4, 0.5) is 0 Å². The monoisotopic (exact) mass is 338 g/mol. The van der Waals surface area contributed by atoms with Gasteiger partial charge in [0, 0.05) is 17.1 Å². The summed E-state index contributed by atoms with van der Waals surface area (Å²) < 4.78 is 1.04. The highest BCUT2D eigenvalue weighted by Gasteiger charge is 2.25. The SMILES string of the molecule is CNCCC1CCCCN1C(=O)Cc1cccc(Br)c1. The van der Waals surface area contributed by atoms with Crippen LogP contribution in [-0.2, 0) is 11.2 Å². The van der Waals surface area contributed by atoms with Crippen molar-refractivity contribution in [3.05, 3.63) is 34.3 Å². The highest BCUT2D eigenvalue weighted by Crippen LogP contribution is 2.21. The number of carbonyl (C=O) groups is 1. The average Bonchev–Trinajstić information content (AvgIpc) is 2.45. The summed E-state index contributed by atoms with van der Waals surface area (Å²) in [6.45, 7) is 1.90. The number of halogens is 1. The second-order valence-corrected chi connectivity index (χ2v) is 6.35. The molecule has 0 saturated carbocycles. The molecule has 20 heavy (non-hydrogen) atoms. The number of benzene rings is 1. The van der Waals surface area contributed by atoms with E-state index in [9.17, 15) is 4.79 Å². The molecule has 1 aromatic rings. The van der Waals surface area contributed by atoms with Gasteiger partial charge >= 0.3 is 0 Å². The van der Waals surface area contributed by atoms with E-state index >= 15 is 0 Å². The highest BCUT2D eigenvalue weighted by atomic mass is 79.9. The van der Waals surface area contributed by atoms with Gasteiger partial charge in [-0.3, -0.25) is 4.79 Å². The van der Waals surface area contributed by atoms with Crippen molar-refractivity contribution < 1.29 is 4.79 Å². The minimum Gasteiger partial charge on any atom is -0.339 e. The van der Waals surface area contributed by atoms with E-state index in [-0.39, 0.29) is 5.91 Å². The fraction of sp³-hybridized carbons (Fsp3) is 0.562. The normalized spacial score (nSPS) is 19.1. The molecule has 0 radical (unpaired) electrons. The molecular formula is C16H23BrN2O. The first kappa shape index (κ1) is 15.5. The van der Waals surface area contributed by atoms with E-state index in [0.29, 0.717) is 12.5 Å². The number of carbonyl (C=O) groups excluding carboxylic acids is 1. The Bertz CT molecular complexity index is 450. The molecule has 0 aromatic heterocycles. The molecule has 1 fully saturated rings. The van der Waals surface area contributed by atoms with Crippen molar-refractivity contribution in [1.29, 1.82) is 0 Å². The average molecular weight is 339 g/mol. The molecule has 4 heteroatoms. The summed E-state index contributed by atoms with van der Waals surface area (Å²) in [7, 11) is 1.97. The number of nitrogens with zero attached hydrogens (tertiary/aromatic N) is 1. The van der Waals surface area contributed by atoms with Crippen LogP contribution < -0.4 is 5.32 Å². The van der Waals surface area contributed by atoms with Gasteiger partial charge in [-0.1, -0.05) is 28.1 Å². The third kappa shape index (κ3) is 4.32. The lowest BCUT2D eigenvalue weighted by Crippen LogP contribution is -2.45. The molecule has 1 heterocycles. The second kappa shape index (κ2) is 7.79. The summed E-state index contributed by atoms with van der Waals surface area (Å²) in [5, 5.41) is 3.19. The van der Waals surface area contributed by atoms with Gasteiger partial charge in [0.1, 0.15) is 0 Å². The zero-order valence-electron chi connectivity index (χ0n) is 12.1. The first-order valence-corrected chi connectivity index (χ1v) is 8.18. The lowest BCUT2D eigenvalue weighted by atomic mass is 9.98. The number of hydrogen-bond acceptors (Lipinski definition) is 2. The number of rotatable bonds is 5. The Balaban J connectivity index is 1.98. The van der Waals surface area contributed by atoms with Crippen molar-refractivity contribution in [2.24, 2.45) is 0 Å². The standard InChI is InChI=1S/C16H23BrN2O/c1-18-9-8-15-7-2-3-10-19(15)16(20)12-13-5-4-6-14(17)11-13/h4-6,11,15,18H,2-3,7-10,12H2,1H3. The highest BCUT2D eigenvalue weighted by molar-refractivity contribution is 9.10. The van der Waals surface area contributed by atoms with Crippen LogP contribution in [-0.4, -0.2) is 37.0 Å². The summed E-state index contributed by atoms with van der Waals surface area (Å²) in [6.07, 6.45) is 5.09. The minimum absolute atomic E-state index is 0.268. The summed E-state index contributed by atoms with van der Waals surface area (Å²) in [4.78, 5) is 14.6. The molecule has 1 N–H and O–H groups in total. The molecule has 1 atom stereocenters. The Morgan fingerprint density at radius 2 is 2.30 bits per heavy atom. The largest absolute Gasteiger partial charge is 0.339 e. The molecule has 0 aliphatic carbocycles. The second-order valence-electron chi connectivity index (χ2n) is 5.44. The van der Waals surface area contributed by atoms with Crippen LogP contribution in [0.25, 0.3) is 0 Å². The third-order valence-corrected chi connectivity index (χ3v) is 4.41. The maximum Gasteiger partial charge on any atom is 0.227 e. The maximum atomic E-state index is 12.5. The van der Waals surface area contributed by atoms with Crippen LogP contribution in [0.15, 0.2) is 28.7 Å². The number of hydrogen-bond donors (Lipinski definition) is 1. The zero-order chi connectivity index (χ0) is 14.4. The van der Waals surface area contributed by atoms with Gasteiger partial charge in [-0.2, -0.15) is 0 Å². The van der Waals surface area contributed by atoms with E-state index in [2.05, 4.69) is 26.1 Å². The lowest BCUT2D eigenvalue weighted by molar-refractivity contribution is -0.134. The van der Waals surface area contributed by atoms with Gasteiger partial charge in [0.2, 0.25) is 5.91 Å². The Labute approximate surface area is 129 Å². The van der Waals surface area contributed by atoms with Crippen molar-refractivity contribution in [2.45, 2.75) is 38.1 Å². The van der Waals surface area contributed by atoms with Crippen LogP contribution in [0.1, 0.15) is 31.2 Å². The Kier molecular flexibility index (Phi) is 6.05. The molecule has 1 saturated heterocycles. The van der Waals surface area contributed by atoms with E-state index in [1.165, 1.54) is 6.42 Å². The summed E-state index contributed by atoms with van der Waals surface area (Å²) in [5.74, 6) is 0.268. The van der Waals surface area contributed by atoms with Gasteiger partial charge < -0.3 is 10.2 Å². The molecule has 1 aliphatic rings. The van der Waals surface area contributed by atoms with Gasteiger partial charge in [0.15, 0.2) is 0 Å². The quantitative estimate of drug-likeness (QED) is 0.895. The molecule has 3 nitrogen and oxygen atoms in total. The molecule has 1 aromatic carbocycles. The number of piperidine rings is 1. The van der Waals surface area contributed by atoms with Crippen molar-refractivity contribution in [3.8, 4) is 0 Å². The molecule has 1 amide bonds. The van der Waals surface area contributed by atoms with E-state index in [1.54, 1.807) is 0 Å². The predicted molar refractivity (Wildman–Crippen MR) is 85.7 cm³/mol. The smallest absolute Gasteiger partial charge is 0.227 e. The third-order valence-electron chi connectivity index (χ3n) is 3.92. The Morgan fingerprint density at radius 3 is 3.05 bits per heavy atom. The Hall–Kier alpha value is -0.870. The van der Waals surface area contributed by atoms with Crippen molar-refractivity contribution in [2.75, 3.05) is 20.1 Å². The first-order chi connectivity index (χ1) is 9.70. The molecule has 0 bridgehead atoms. The van der Waals surface area contributed by atoms with Crippen LogP contribution in [0.3, 0.4) is 0 Å².